The maximum absolute atomic E-state index is 10.6. The van der Waals surface area contributed by atoms with Crippen LogP contribution in [0, 0.1) is 0 Å². The van der Waals surface area contributed by atoms with Gasteiger partial charge in [0, 0.05) is 32.7 Å². The zero-order valence-corrected chi connectivity index (χ0v) is 18.9. The molecule has 0 fully saturated rings. The molecule has 8 heteroatoms. The van der Waals surface area contributed by atoms with Crippen molar-refractivity contribution in [1.29, 1.82) is 0 Å². The van der Waals surface area contributed by atoms with Crippen LogP contribution in [0.3, 0.4) is 0 Å². The molecule has 2 aromatic rings. The Kier molecular flexibility index (Phi) is 7.81. The third-order valence-electron chi connectivity index (χ3n) is 5.46. The van der Waals surface area contributed by atoms with E-state index in [1.165, 1.54) is 11.1 Å². The first-order valence-corrected chi connectivity index (χ1v) is 10.7. The molecule has 8 nitrogen and oxygen atoms in total. The Morgan fingerprint density at radius 3 is 2.61 bits per heavy atom. The van der Waals surface area contributed by atoms with Gasteiger partial charge in [0.15, 0.2) is 17.5 Å². The number of methoxy groups -OCH3 is 2. The lowest BCUT2D eigenvalue weighted by atomic mass is 9.99. The van der Waals surface area contributed by atoms with E-state index in [0.29, 0.717) is 11.7 Å². The summed E-state index contributed by atoms with van der Waals surface area (Å²) in [5, 5.41) is 17.2. The number of hydrogen-bond acceptors (Lipinski definition) is 6. The molecule has 0 spiro atoms. The summed E-state index contributed by atoms with van der Waals surface area (Å²) in [6.07, 6.45) is 2.54. The number of nitrogens with zero attached hydrogens (tertiary/aromatic N) is 2. The minimum Gasteiger partial charge on any atom is -0.493 e. The van der Waals surface area contributed by atoms with Crippen LogP contribution in [0.5, 0.6) is 11.5 Å². The molecular formula is C23H34N4O4. The molecule has 1 aliphatic heterocycles. The minimum absolute atomic E-state index is 0.203. The standard InChI is InChI=1S/C23H34N4O4/c1-5-24-22(26-16-23(2,28)21-7-6-12-31-21)25-9-11-27-10-8-17-13-19(29-3)20(30-4)14-18(17)15-27/h6-7,12-14,28H,5,8-11,15-16H2,1-4H3,(H2,24,25,26). The summed E-state index contributed by atoms with van der Waals surface area (Å²) in [5.74, 6) is 2.74. The lowest BCUT2D eigenvalue weighted by Crippen LogP contribution is -2.43. The highest BCUT2D eigenvalue weighted by atomic mass is 16.5. The fourth-order valence-electron chi connectivity index (χ4n) is 3.70. The summed E-state index contributed by atoms with van der Waals surface area (Å²) in [6.45, 7) is 8.16. The van der Waals surface area contributed by atoms with Crippen LogP contribution >= 0.6 is 0 Å². The van der Waals surface area contributed by atoms with Crippen molar-refractivity contribution in [2.45, 2.75) is 32.4 Å². The third-order valence-corrected chi connectivity index (χ3v) is 5.46. The highest BCUT2D eigenvalue weighted by molar-refractivity contribution is 5.79. The number of furan rings is 1. The fraction of sp³-hybridized carbons (Fsp3) is 0.522. The summed E-state index contributed by atoms with van der Waals surface area (Å²) in [4.78, 5) is 6.94. The third kappa shape index (κ3) is 5.92. The topological polar surface area (TPSA) is 91.5 Å². The molecule has 1 aromatic carbocycles. The van der Waals surface area contributed by atoms with E-state index in [1.54, 1.807) is 39.5 Å². The van der Waals surface area contributed by atoms with Crippen LogP contribution in [0.1, 0.15) is 30.7 Å². The van der Waals surface area contributed by atoms with E-state index in [0.717, 1.165) is 50.6 Å². The molecule has 0 bridgehead atoms. The normalized spacial score (nSPS) is 16.4. The fourth-order valence-corrected chi connectivity index (χ4v) is 3.70. The van der Waals surface area contributed by atoms with E-state index in [-0.39, 0.29) is 6.54 Å². The summed E-state index contributed by atoms with van der Waals surface area (Å²) >= 11 is 0. The molecule has 0 aliphatic carbocycles. The van der Waals surface area contributed by atoms with Crippen molar-refractivity contribution >= 4 is 5.96 Å². The zero-order valence-electron chi connectivity index (χ0n) is 18.9. The van der Waals surface area contributed by atoms with Gasteiger partial charge in [-0.25, -0.2) is 4.99 Å². The summed E-state index contributed by atoms with van der Waals surface area (Å²) in [7, 11) is 3.34. The monoisotopic (exact) mass is 430 g/mol. The average molecular weight is 431 g/mol. The number of rotatable bonds is 9. The molecule has 0 saturated carbocycles. The largest absolute Gasteiger partial charge is 0.493 e. The molecule has 31 heavy (non-hydrogen) atoms. The van der Waals surface area contributed by atoms with Crippen LogP contribution in [0.15, 0.2) is 39.9 Å². The van der Waals surface area contributed by atoms with Gasteiger partial charge in [-0.2, -0.15) is 0 Å². The molecule has 1 atom stereocenters. The average Bonchev–Trinajstić information content (AvgIpc) is 3.32. The van der Waals surface area contributed by atoms with Gasteiger partial charge in [-0.15, -0.1) is 0 Å². The van der Waals surface area contributed by atoms with Crippen molar-refractivity contribution in [2.24, 2.45) is 4.99 Å². The maximum atomic E-state index is 10.6. The molecule has 0 saturated heterocycles. The number of nitrogens with one attached hydrogen (secondary N) is 2. The lowest BCUT2D eigenvalue weighted by Gasteiger charge is -2.29. The highest BCUT2D eigenvalue weighted by Gasteiger charge is 2.26. The molecule has 0 radical (unpaired) electrons. The molecular weight excluding hydrogens is 396 g/mol. The van der Waals surface area contributed by atoms with Gasteiger partial charge in [0.05, 0.1) is 27.0 Å². The number of fused-ring (bicyclic) bond motifs is 1. The Balaban J connectivity index is 1.54. The smallest absolute Gasteiger partial charge is 0.191 e. The first kappa shape index (κ1) is 23.0. The van der Waals surface area contributed by atoms with Gasteiger partial charge in [-0.3, -0.25) is 4.90 Å². The van der Waals surface area contributed by atoms with Crippen molar-refractivity contribution in [1.82, 2.24) is 15.5 Å². The maximum Gasteiger partial charge on any atom is 0.191 e. The second-order valence-electron chi connectivity index (χ2n) is 7.88. The number of hydrogen-bond donors (Lipinski definition) is 3. The van der Waals surface area contributed by atoms with E-state index < -0.39 is 5.60 Å². The molecule has 2 heterocycles. The lowest BCUT2D eigenvalue weighted by molar-refractivity contribution is 0.0437. The number of ether oxygens (including phenoxy) is 2. The summed E-state index contributed by atoms with van der Waals surface area (Å²) in [5.41, 5.74) is 1.44. The zero-order chi connectivity index (χ0) is 22.3. The van der Waals surface area contributed by atoms with Gasteiger partial charge >= 0.3 is 0 Å². The van der Waals surface area contributed by atoms with E-state index >= 15 is 0 Å². The van der Waals surface area contributed by atoms with Gasteiger partial charge < -0.3 is 29.6 Å². The van der Waals surface area contributed by atoms with Crippen molar-refractivity contribution < 1.29 is 19.0 Å². The first-order chi connectivity index (χ1) is 15.0. The second kappa shape index (κ2) is 10.5. The van der Waals surface area contributed by atoms with Crippen molar-refractivity contribution in [3.05, 3.63) is 47.4 Å². The Hall–Kier alpha value is -2.71. The Labute approximate surface area is 184 Å². The van der Waals surface area contributed by atoms with Crippen LogP contribution in [0.2, 0.25) is 0 Å². The minimum atomic E-state index is -1.15. The molecule has 0 amide bonds. The quantitative estimate of drug-likeness (QED) is 0.415. The van der Waals surface area contributed by atoms with Crippen molar-refractivity contribution in [3.8, 4) is 11.5 Å². The van der Waals surface area contributed by atoms with Crippen LogP contribution < -0.4 is 20.1 Å². The predicted octanol–water partition coefficient (Wildman–Crippen LogP) is 2.12. The van der Waals surface area contributed by atoms with Crippen LogP contribution in [0.25, 0.3) is 0 Å². The summed E-state index contributed by atoms with van der Waals surface area (Å²) in [6, 6.07) is 7.69. The second-order valence-corrected chi connectivity index (χ2v) is 7.88. The molecule has 1 unspecified atom stereocenters. The van der Waals surface area contributed by atoms with E-state index in [4.69, 9.17) is 13.9 Å². The van der Waals surface area contributed by atoms with Gasteiger partial charge in [-0.1, -0.05) is 0 Å². The van der Waals surface area contributed by atoms with Gasteiger partial charge in [0.25, 0.3) is 0 Å². The Morgan fingerprint density at radius 1 is 1.23 bits per heavy atom. The van der Waals surface area contributed by atoms with Gasteiger partial charge in [0.2, 0.25) is 0 Å². The van der Waals surface area contributed by atoms with E-state index in [9.17, 15) is 5.11 Å². The number of aliphatic imine (C=N–C) groups is 1. The SMILES string of the molecule is CCNC(=NCC(C)(O)c1ccco1)NCCN1CCc2cc(OC)c(OC)cc2C1. The predicted molar refractivity (Wildman–Crippen MR) is 121 cm³/mol. The van der Waals surface area contributed by atoms with Crippen molar-refractivity contribution in [3.63, 3.8) is 0 Å². The first-order valence-electron chi connectivity index (χ1n) is 10.7. The molecule has 1 aromatic heterocycles. The van der Waals surface area contributed by atoms with Gasteiger partial charge in [-0.05, 0) is 55.7 Å². The van der Waals surface area contributed by atoms with Gasteiger partial charge in [0.1, 0.15) is 11.4 Å². The summed E-state index contributed by atoms with van der Waals surface area (Å²) < 4.78 is 16.2. The molecule has 3 N–H and O–H groups in total. The van der Waals surface area contributed by atoms with Crippen LogP contribution in [-0.2, 0) is 18.6 Å². The molecule has 3 rings (SSSR count). The number of guanidine groups is 1. The van der Waals surface area contributed by atoms with Crippen LogP contribution in [-0.4, -0.2) is 62.9 Å². The molecule has 170 valence electrons. The van der Waals surface area contributed by atoms with E-state index in [2.05, 4.69) is 32.7 Å². The van der Waals surface area contributed by atoms with Crippen LogP contribution in [0.4, 0.5) is 0 Å². The Bertz CT molecular complexity index is 865. The number of benzene rings is 1. The Morgan fingerprint density at radius 2 is 1.97 bits per heavy atom. The van der Waals surface area contributed by atoms with E-state index in [1.807, 2.05) is 6.92 Å². The highest BCUT2D eigenvalue weighted by Crippen LogP contribution is 2.33. The molecule has 1 aliphatic rings. The van der Waals surface area contributed by atoms with Crippen molar-refractivity contribution in [2.75, 3.05) is 46.9 Å². The number of aliphatic hydroxyl groups is 1.